The lowest BCUT2D eigenvalue weighted by Crippen LogP contribution is -1.98. The van der Waals surface area contributed by atoms with Gasteiger partial charge in [-0.2, -0.15) is 0 Å². The Balaban J connectivity index is 2.78. The summed E-state index contributed by atoms with van der Waals surface area (Å²) < 4.78 is 5.48. The quantitative estimate of drug-likeness (QED) is 0.806. The molecule has 2 rings (SSSR count). The Labute approximate surface area is 89.5 Å². The van der Waals surface area contributed by atoms with E-state index < -0.39 is 0 Å². The summed E-state index contributed by atoms with van der Waals surface area (Å²) in [6, 6.07) is 4.14. The maximum absolute atomic E-state index is 5.48. The van der Waals surface area contributed by atoms with Gasteiger partial charge in [-0.3, -0.25) is 0 Å². The fourth-order valence-corrected chi connectivity index (χ4v) is 1.96. The van der Waals surface area contributed by atoms with Crippen LogP contribution in [0.2, 0.25) is 0 Å². The first-order valence-corrected chi connectivity index (χ1v) is 5.20. The normalized spacial score (nSPS) is 10.6. The number of anilines is 2. The molecule has 1 aromatic heterocycles. The first-order chi connectivity index (χ1) is 7.31. The highest BCUT2D eigenvalue weighted by atomic mass is 16.3. The third-order valence-corrected chi connectivity index (χ3v) is 2.72. The molecule has 0 saturated heterocycles. The smallest absolute Gasteiger partial charge is 0.159 e. The molecule has 0 fully saturated rings. The Kier molecular flexibility index (Phi) is 2.54. The molecule has 2 aromatic rings. The summed E-state index contributed by atoms with van der Waals surface area (Å²) in [4.78, 5) is 0. The minimum atomic E-state index is 0.916. The molecule has 80 valence electrons. The van der Waals surface area contributed by atoms with Crippen LogP contribution in [0.15, 0.2) is 22.8 Å². The minimum Gasteiger partial charge on any atom is -0.462 e. The van der Waals surface area contributed by atoms with Crippen LogP contribution in [0.5, 0.6) is 0 Å². The lowest BCUT2D eigenvalue weighted by atomic mass is 10.1. The molecule has 0 aliphatic heterocycles. The number of benzene rings is 1. The largest absolute Gasteiger partial charge is 0.462 e. The zero-order valence-corrected chi connectivity index (χ0v) is 9.35. The minimum absolute atomic E-state index is 0.916. The fraction of sp³-hybridized carbons (Fsp3) is 0.333. The summed E-state index contributed by atoms with van der Waals surface area (Å²) >= 11 is 0. The van der Waals surface area contributed by atoms with Gasteiger partial charge in [-0.25, -0.2) is 0 Å². The van der Waals surface area contributed by atoms with Gasteiger partial charge in [0.2, 0.25) is 0 Å². The molecule has 0 unspecified atom stereocenters. The Morgan fingerprint density at radius 1 is 1.27 bits per heavy atom. The number of aryl methyl sites for hydroxylation is 1. The van der Waals surface area contributed by atoms with Crippen molar-refractivity contribution >= 4 is 22.3 Å². The molecule has 2 N–H and O–H groups in total. The molecular formula is C12H16N2O. The SMILES string of the molecule is CCc1cc(NC)c2occc2c1NC. The van der Waals surface area contributed by atoms with E-state index in [1.807, 2.05) is 20.2 Å². The molecule has 3 heteroatoms. The molecule has 0 bridgehead atoms. The molecule has 0 saturated carbocycles. The van der Waals surface area contributed by atoms with Gasteiger partial charge in [0.1, 0.15) is 0 Å². The van der Waals surface area contributed by atoms with Crippen LogP contribution in [0, 0.1) is 0 Å². The maximum Gasteiger partial charge on any atom is 0.159 e. The number of furan rings is 1. The van der Waals surface area contributed by atoms with Crippen molar-refractivity contribution < 1.29 is 4.42 Å². The van der Waals surface area contributed by atoms with Crippen molar-refractivity contribution in [3.63, 3.8) is 0 Å². The van der Waals surface area contributed by atoms with Gasteiger partial charge >= 0.3 is 0 Å². The fourth-order valence-electron chi connectivity index (χ4n) is 1.96. The van der Waals surface area contributed by atoms with E-state index >= 15 is 0 Å². The van der Waals surface area contributed by atoms with Crippen LogP contribution in [0.3, 0.4) is 0 Å². The summed E-state index contributed by atoms with van der Waals surface area (Å²) in [7, 11) is 3.86. The second-order valence-corrected chi connectivity index (χ2v) is 3.48. The van der Waals surface area contributed by atoms with Crippen molar-refractivity contribution in [1.29, 1.82) is 0 Å². The second kappa shape index (κ2) is 3.85. The van der Waals surface area contributed by atoms with Crippen LogP contribution in [0.1, 0.15) is 12.5 Å². The number of hydrogen-bond donors (Lipinski definition) is 2. The van der Waals surface area contributed by atoms with E-state index in [1.165, 1.54) is 11.3 Å². The van der Waals surface area contributed by atoms with Crippen LogP contribution in [0.4, 0.5) is 11.4 Å². The first-order valence-electron chi connectivity index (χ1n) is 5.20. The third kappa shape index (κ3) is 1.44. The molecule has 0 aliphatic rings. The predicted molar refractivity (Wildman–Crippen MR) is 64.7 cm³/mol. The molecule has 0 radical (unpaired) electrons. The molecule has 15 heavy (non-hydrogen) atoms. The van der Waals surface area contributed by atoms with Crippen molar-refractivity contribution in [3.8, 4) is 0 Å². The monoisotopic (exact) mass is 204 g/mol. The van der Waals surface area contributed by atoms with Crippen LogP contribution < -0.4 is 10.6 Å². The standard InChI is InChI=1S/C12H16N2O/c1-4-8-7-10(13-2)12-9(5-6-15-12)11(8)14-3/h5-7,13-14H,4H2,1-3H3. The van der Waals surface area contributed by atoms with Crippen LogP contribution >= 0.6 is 0 Å². The van der Waals surface area contributed by atoms with Gasteiger partial charge < -0.3 is 15.1 Å². The maximum atomic E-state index is 5.48. The van der Waals surface area contributed by atoms with Crippen molar-refractivity contribution in [2.75, 3.05) is 24.7 Å². The first kappa shape index (κ1) is 9.90. The Hall–Kier alpha value is -1.64. The Bertz CT molecular complexity index is 474. The number of nitrogens with one attached hydrogen (secondary N) is 2. The van der Waals surface area contributed by atoms with E-state index in [0.717, 1.165) is 23.1 Å². The van der Waals surface area contributed by atoms with Crippen LogP contribution in [-0.4, -0.2) is 14.1 Å². The molecule has 0 aliphatic carbocycles. The van der Waals surface area contributed by atoms with Gasteiger partial charge in [0.05, 0.1) is 12.0 Å². The van der Waals surface area contributed by atoms with Gasteiger partial charge in [-0.1, -0.05) is 6.92 Å². The lowest BCUT2D eigenvalue weighted by molar-refractivity contribution is 0.617. The molecule has 1 aromatic carbocycles. The summed E-state index contributed by atoms with van der Waals surface area (Å²) in [5.74, 6) is 0. The number of rotatable bonds is 3. The van der Waals surface area contributed by atoms with Gasteiger partial charge in [0.25, 0.3) is 0 Å². The lowest BCUT2D eigenvalue weighted by Gasteiger charge is -2.11. The second-order valence-electron chi connectivity index (χ2n) is 3.48. The van der Waals surface area contributed by atoms with Crippen molar-refractivity contribution in [2.45, 2.75) is 13.3 Å². The molecular weight excluding hydrogens is 188 g/mol. The molecule has 1 heterocycles. The zero-order chi connectivity index (χ0) is 10.8. The van der Waals surface area contributed by atoms with Crippen LogP contribution in [-0.2, 0) is 6.42 Å². The van der Waals surface area contributed by atoms with Gasteiger partial charge in [-0.15, -0.1) is 0 Å². The molecule has 3 nitrogen and oxygen atoms in total. The van der Waals surface area contributed by atoms with E-state index in [9.17, 15) is 0 Å². The zero-order valence-electron chi connectivity index (χ0n) is 9.35. The van der Waals surface area contributed by atoms with E-state index in [1.54, 1.807) is 6.26 Å². The number of hydrogen-bond acceptors (Lipinski definition) is 3. The van der Waals surface area contributed by atoms with E-state index in [4.69, 9.17) is 4.42 Å². The van der Waals surface area contributed by atoms with Crippen molar-refractivity contribution in [3.05, 3.63) is 24.0 Å². The average molecular weight is 204 g/mol. The molecule has 0 atom stereocenters. The predicted octanol–water partition coefficient (Wildman–Crippen LogP) is 3.08. The third-order valence-electron chi connectivity index (χ3n) is 2.72. The Morgan fingerprint density at radius 3 is 2.67 bits per heavy atom. The van der Waals surface area contributed by atoms with E-state index in [2.05, 4.69) is 23.6 Å². The Morgan fingerprint density at radius 2 is 2.07 bits per heavy atom. The van der Waals surface area contributed by atoms with Gasteiger partial charge in [0, 0.05) is 25.2 Å². The average Bonchev–Trinajstić information content (AvgIpc) is 2.75. The van der Waals surface area contributed by atoms with Crippen LogP contribution in [0.25, 0.3) is 11.0 Å². The van der Waals surface area contributed by atoms with E-state index in [-0.39, 0.29) is 0 Å². The molecule has 0 spiro atoms. The van der Waals surface area contributed by atoms with E-state index in [0.29, 0.717) is 0 Å². The highest BCUT2D eigenvalue weighted by molar-refractivity contribution is 5.99. The number of fused-ring (bicyclic) bond motifs is 1. The van der Waals surface area contributed by atoms with Gasteiger partial charge in [0.15, 0.2) is 5.58 Å². The molecule has 0 amide bonds. The summed E-state index contributed by atoms with van der Waals surface area (Å²) in [6.07, 6.45) is 2.73. The topological polar surface area (TPSA) is 37.2 Å². The summed E-state index contributed by atoms with van der Waals surface area (Å²) in [5, 5.41) is 7.54. The van der Waals surface area contributed by atoms with Crippen molar-refractivity contribution in [2.24, 2.45) is 0 Å². The summed E-state index contributed by atoms with van der Waals surface area (Å²) in [6.45, 7) is 2.15. The highest BCUT2D eigenvalue weighted by Crippen LogP contribution is 2.34. The van der Waals surface area contributed by atoms with Gasteiger partial charge in [-0.05, 0) is 24.1 Å². The summed E-state index contributed by atoms with van der Waals surface area (Å²) in [5.41, 5.74) is 4.43. The highest BCUT2D eigenvalue weighted by Gasteiger charge is 2.11. The van der Waals surface area contributed by atoms with Crippen molar-refractivity contribution in [1.82, 2.24) is 0 Å².